The molecule has 2 aliphatic rings. The molecule has 1 saturated heterocycles. The van der Waals surface area contributed by atoms with Gasteiger partial charge in [-0.05, 0) is 32.1 Å². The van der Waals surface area contributed by atoms with Gasteiger partial charge in [0.25, 0.3) is 0 Å². The first-order chi connectivity index (χ1) is 8.72. The molecule has 106 valence electrons. The van der Waals surface area contributed by atoms with E-state index < -0.39 is 0 Å². The van der Waals surface area contributed by atoms with Crippen molar-refractivity contribution in [2.75, 3.05) is 40.0 Å². The van der Waals surface area contributed by atoms with Crippen molar-refractivity contribution in [2.45, 2.75) is 38.3 Å². The number of nitrogens with two attached hydrogens (primary N) is 1. The van der Waals surface area contributed by atoms with Crippen molar-refractivity contribution < 1.29 is 9.47 Å². The van der Waals surface area contributed by atoms with E-state index in [1.54, 1.807) is 7.11 Å². The van der Waals surface area contributed by atoms with Crippen LogP contribution in [0.2, 0.25) is 0 Å². The third kappa shape index (κ3) is 3.92. The zero-order valence-corrected chi connectivity index (χ0v) is 11.8. The van der Waals surface area contributed by atoms with Crippen molar-refractivity contribution in [3.05, 3.63) is 0 Å². The van der Waals surface area contributed by atoms with Gasteiger partial charge in [0.1, 0.15) is 0 Å². The number of ether oxygens (including phenoxy) is 2. The standard InChI is InChI=1S/C14H28N2O2/c1-11(12-3-4-12)16(6-8-17-2)9-13-10-18-7-5-14(13)15/h11-14H,3-10,15H2,1-2H3. The Morgan fingerprint density at radius 2 is 2.17 bits per heavy atom. The van der Waals surface area contributed by atoms with Gasteiger partial charge < -0.3 is 15.2 Å². The zero-order chi connectivity index (χ0) is 13.0. The lowest BCUT2D eigenvalue weighted by Gasteiger charge is -2.36. The molecule has 3 unspecified atom stereocenters. The topological polar surface area (TPSA) is 47.7 Å². The van der Waals surface area contributed by atoms with E-state index in [0.29, 0.717) is 18.0 Å². The molecule has 0 bridgehead atoms. The molecule has 0 aromatic heterocycles. The zero-order valence-electron chi connectivity index (χ0n) is 11.8. The quantitative estimate of drug-likeness (QED) is 0.741. The molecule has 1 heterocycles. The Balaban J connectivity index is 1.86. The number of nitrogens with zero attached hydrogens (tertiary/aromatic N) is 1. The Labute approximate surface area is 111 Å². The summed E-state index contributed by atoms with van der Waals surface area (Å²) < 4.78 is 10.8. The van der Waals surface area contributed by atoms with E-state index in [2.05, 4.69) is 11.8 Å². The molecular weight excluding hydrogens is 228 g/mol. The van der Waals surface area contributed by atoms with Gasteiger partial charge in [0.05, 0.1) is 13.2 Å². The molecule has 1 saturated carbocycles. The first kappa shape index (κ1) is 14.3. The van der Waals surface area contributed by atoms with E-state index in [-0.39, 0.29) is 0 Å². The van der Waals surface area contributed by atoms with Gasteiger partial charge in [-0.1, -0.05) is 0 Å². The Hall–Kier alpha value is -0.160. The Morgan fingerprint density at radius 3 is 2.78 bits per heavy atom. The number of rotatable bonds is 7. The predicted octanol–water partition coefficient (Wildman–Crippen LogP) is 1.10. The first-order valence-corrected chi connectivity index (χ1v) is 7.28. The Morgan fingerprint density at radius 1 is 1.39 bits per heavy atom. The van der Waals surface area contributed by atoms with Crippen LogP contribution in [0.3, 0.4) is 0 Å². The van der Waals surface area contributed by atoms with E-state index in [0.717, 1.165) is 45.2 Å². The maximum atomic E-state index is 6.21. The third-order valence-corrected chi connectivity index (χ3v) is 4.46. The average molecular weight is 256 g/mol. The van der Waals surface area contributed by atoms with Crippen molar-refractivity contribution in [1.29, 1.82) is 0 Å². The summed E-state index contributed by atoms with van der Waals surface area (Å²) in [5.41, 5.74) is 6.21. The highest BCUT2D eigenvalue weighted by atomic mass is 16.5. The van der Waals surface area contributed by atoms with Crippen LogP contribution in [0.5, 0.6) is 0 Å². The van der Waals surface area contributed by atoms with Crippen molar-refractivity contribution >= 4 is 0 Å². The molecule has 1 aliphatic carbocycles. The summed E-state index contributed by atoms with van der Waals surface area (Å²) in [6.07, 6.45) is 3.77. The second-order valence-electron chi connectivity index (χ2n) is 5.85. The molecule has 3 atom stereocenters. The van der Waals surface area contributed by atoms with Gasteiger partial charge in [-0.25, -0.2) is 0 Å². The third-order valence-electron chi connectivity index (χ3n) is 4.46. The SMILES string of the molecule is COCCN(CC1COCCC1N)C(C)C1CC1. The average Bonchev–Trinajstić information content (AvgIpc) is 3.20. The summed E-state index contributed by atoms with van der Waals surface area (Å²) in [6.45, 7) is 6.87. The van der Waals surface area contributed by atoms with Crippen LogP contribution < -0.4 is 5.73 Å². The van der Waals surface area contributed by atoms with Gasteiger partial charge >= 0.3 is 0 Å². The fourth-order valence-corrected chi connectivity index (χ4v) is 2.85. The summed E-state index contributed by atoms with van der Waals surface area (Å²) in [6, 6.07) is 0.962. The molecule has 0 amide bonds. The molecule has 4 heteroatoms. The van der Waals surface area contributed by atoms with Crippen LogP contribution >= 0.6 is 0 Å². The lowest BCUT2D eigenvalue weighted by Crippen LogP contribution is -2.48. The number of methoxy groups -OCH3 is 1. The second-order valence-corrected chi connectivity index (χ2v) is 5.85. The minimum atomic E-state index is 0.301. The van der Waals surface area contributed by atoms with Gasteiger partial charge in [-0.15, -0.1) is 0 Å². The molecule has 0 aromatic rings. The molecule has 18 heavy (non-hydrogen) atoms. The van der Waals surface area contributed by atoms with E-state index >= 15 is 0 Å². The van der Waals surface area contributed by atoms with Gasteiger partial charge in [-0.3, -0.25) is 4.90 Å². The molecule has 2 rings (SSSR count). The lowest BCUT2D eigenvalue weighted by molar-refractivity contribution is 0.0132. The molecule has 0 aromatic carbocycles. The van der Waals surface area contributed by atoms with Crippen LogP contribution in [-0.2, 0) is 9.47 Å². The summed E-state index contributed by atoms with van der Waals surface area (Å²) in [4.78, 5) is 2.56. The second kappa shape index (κ2) is 6.85. The highest BCUT2D eigenvalue weighted by Crippen LogP contribution is 2.35. The van der Waals surface area contributed by atoms with Crippen molar-refractivity contribution in [3.8, 4) is 0 Å². The van der Waals surface area contributed by atoms with E-state index in [1.165, 1.54) is 12.8 Å². The van der Waals surface area contributed by atoms with Crippen LogP contribution in [0, 0.1) is 11.8 Å². The molecule has 0 spiro atoms. The van der Waals surface area contributed by atoms with Crippen LogP contribution in [0.15, 0.2) is 0 Å². The molecular formula is C14H28N2O2. The largest absolute Gasteiger partial charge is 0.383 e. The highest BCUT2D eigenvalue weighted by molar-refractivity contribution is 4.88. The van der Waals surface area contributed by atoms with Gasteiger partial charge in [0.2, 0.25) is 0 Å². The van der Waals surface area contributed by atoms with Crippen LogP contribution in [0.25, 0.3) is 0 Å². The Kier molecular flexibility index (Phi) is 5.42. The smallest absolute Gasteiger partial charge is 0.0589 e. The minimum Gasteiger partial charge on any atom is -0.383 e. The molecule has 4 nitrogen and oxygen atoms in total. The van der Waals surface area contributed by atoms with Crippen molar-refractivity contribution in [2.24, 2.45) is 17.6 Å². The monoisotopic (exact) mass is 256 g/mol. The summed E-state index contributed by atoms with van der Waals surface area (Å²) in [5.74, 6) is 1.37. The van der Waals surface area contributed by atoms with Crippen LogP contribution in [-0.4, -0.2) is 57.0 Å². The lowest BCUT2D eigenvalue weighted by atomic mass is 9.95. The molecule has 2 fully saturated rings. The van der Waals surface area contributed by atoms with Gasteiger partial charge in [0.15, 0.2) is 0 Å². The van der Waals surface area contributed by atoms with Gasteiger partial charge in [-0.2, -0.15) is 0 Å². The Bertz CT molecular complexity index is 246. The number of hydrogen-bond donors (Lipinski definition) is 1. The molecule has 0 radical (unpaired) electrons. The first-order valence-electron chi connectivity index (χ1n) is 7.28. The summed E-state index contributed by atoms with van der Waals surface area (Å²) in [5, 5.41) is 0. The van der Waals surface area contributed by atoms with Crippen LogP contribution in [0.1, 0.15) is 26.2 Å². The van der Waals surface area contributed by atoms with E-state index in [9.17, 15) is 0 Å². The minimum absolute atomic E-state index is 0.301. The van der Waals surface area contributed by atoms with E-state index in [1.807, 2.05) is 0 Å². The maximum Gasteiger partial charge on any atom is 0.0589 e. The summed E-state index contributed by atoms with van der Waals surface area (Å²) in [7, 11) is 1.77. The highest BCUT2D eigenvalue weighted by Gasteiger charge is 2.34. The fourth-order valence-electron chi connectivity index (χ4n) is 2.85. The van der Waals surface area contributed by atoms with E-state index in [4.69, 9.17) is 15.2 Å². The fraction of sp³-hybridized carbons (Fsp3) is 1.00. The van der Waals surface area contributed by atoms with Crippen molar-refractivity contribution in [1.82, 2.24) is 4.90 Å². The van der Waals surface area contributed by atoms with Crippen molar-refractivity contribution in [3.63, 3.8) is 0 Å². The number of hydrogen-bond acceptors (Lipinski definition) is 4. The normalized spacial score (nSPS) is 30.7. The summed E-state index contributed by atoms with van der Waals surface area (Å²) >= 11 is 0. The van der Waals surface area contributed by atoms with Gasteiger partial charge in [0, 0.05) is 44.8 Å². The molecule has 1 aliphatic heterocycles. The maximum absolute atomic E-state index is 6.21. The van der Waals surface area contributed by atoms with Crippen LogP contribution in [0.4, 0.5) is 0 Å². The predicted molar refractivity (Wildman–Crippen MR) is 72.5 cm³/mol. The molecule has 2 N–H and O–H groups in total.